The van der Waals surface area contributed by atoms with Crippen LogP contribution in [0.5, 0.6) is 11.5 Å². The Morgan fingerprint density at radius 3 is 3.00 bits per heavy atom. The normalized spacial score (nSPS) is 24.3. The molecule has 1 amide bonds. The highest BCUT2D eigenvalue weighted by Gasteiger charge is 2.42. The highest BCUT2D eigenvalue weighted by Crippen LogP contribution is 2.44. The van der Waals surface area contributed by atoms with Gasteiger partial charge in [-0.3, -0.25) is 4.79 Å². The van der Waals surface area contributed by atoms with E-state index in [2.05, 4.69) is 0 Å². The Hall–Kier alpha value is -2.17. The first kappa shape index (κ1) is 11.6. The minimum absolute atomic E-state index is 0.101. The summed E-state index contributed by atoms with van der Waals surface area (Å²) in [6, 6.07) is 5.25. The van der Waals surface area contributed by atoms with Gasteiger partial charge in [0.2, 0.25) is 6.79 Å². The van der Waals surface area contributed by atoms with Crippen LogP contribution in [0.15, 0.2) is 24.0 Å². The number of fused-ring (bicyclic) bond motifs is 2. The number of aliphatic hydroxyl groups excluding tert-OH is 1. The number of benzene rings is 1. The zero-order valence-corrected chi connectivity index (χ0v) is 11.0. The lowest BCUT2D eigenvalue weighted by Gasteiger charge is -2.29. The highest BCUT2D eigenvalue weighted by atomic mass is 16.7. The second-order valence-corrected chi connectivity index (χ2v) is 5.31. The zero-order chi connectivity index (χ0) is 13.7. The maximum absolute atomic E-state index is 12.6. The molecule has 3 heterocycles. The molecular weight excluding hydrogens is 258 g/mol. The number of hydrogen-bond acceptors (Lipinski definition) is 4. The summed E-state index contributed by atoms with van der Waals surface area (Å²) in [6.45, 7) is 0.866. The first-order chi connectivity index (χ1) is 9.77. The van der Waals surface area contributed by atoms with E-state index in [0.717, 1.165) is 19.3 Å². The van der Waals surface area contributed by atoms with Crippen LogP contribution in [0, 0.1) is 0 Å². The monoisotopic (exact) mass is 273 g/mol. The maximum atomic E-state index is 12.6. The molecule has 1 atom stereocenters. The summed E-state index contributed by atoms with van der Waals surface area (Å²) in [6.07, 6.45) is 2.86. The fourth-order valence-electron chi connectivity index (χ4n) is 3.26. The Bertz CT molecular complexity index is 622. The van der Waals surface area contributed by atoms with E-state index in [9.17, 15) is 9.90 Å². The van der Waals surface area contributed by atoms with Gasteiger partial charge in [-0.25, -0.2) is 0 Å². The molecule has 1 aromatic carbocycles. The molecular formula is C15H15NO4. The fraction of sp³-hybridized carbons (Fsp3) is 0.400. The number of rotatable bonds is 1. The third-order valence-electron chi connectivity index (χ3n) is 4.22. The van der Waals surface area contributed by atoms with Gasteiger partial charge in [0.05, 0.1) is 11.6 Å². The van der Waals surface area contributed by atoms with Gasteiger partial charge in [-0.15, -0.1) is 0 Å². The molecule has 5 nitrogen and oxygen atoms in total. The van der Waals surface area contributed by atoms with E-state index in [-0.39, 0.29) is 24.5 Å². The van der Waals surface area contributed by atoms with Crippen molar-refractivity contribution in [3.05, 3.63) is 29.5 Å². The molecule has 1 fully saturated rings. The van der Waals surface area contributed by atoms with E-state index in [1.165, 1.54) is 0 Å². The van der Waals surface area contributed by atoms with Crippen molar-refractivity contribution < 1.29 is 19.4 Å². The second kappa shape index (κ2) is 4.16. The van der Waals surface area contributed by atoms with Gasteiger partial charge in [-0.05, 0) is 25.3 Å². The molecule has 0 aromatic heterocycles. The first-order valence-electron chi connectivity index (χ1n) is 6.90. The van der Waals surface area contributed by atoms with Crippen molar-refractivity contribution in [2.75, 3.05) is 13.3 Å². The predicted molar refractivity (Wildman–Crippen MR) is 71.5 cm³/mol. The van der Waals surface area contributed by atoms with Crippen molar-refractivity contribution in [2.45, 2.75) is 25.3 Å². The third kappa shape index (κ3) is 1.46. The van der Waals surface area contributed by atoms with Crippen molar-refractivity contribution >= 4 is 11.5 Å². The lowest BCUT2D eigenvalue weighted by Crippen LogP contribution is -2.39. The number of carbonyl (C=O) groups excluding carboxylic acids is 1. The standard InChI is InChI=1S/C15H15NO4/c17-13-10-5-1-2-7-16(10)15(18)12(13)9-4-3-6-11-14(9)20-8-19-11/h3-4,6,10,17H,1-2,5,7-8H2/t10-/m0/s1. The van der Waals surface area contributed by atoms with E-state index >= 15 is 0 Å². The summed E-state index contributed by atoms with van der Waals surface area (Å²) in [5, 5.41) is 10.5. The number of carbonyl (C=O) groups is 1. The van der Waals surface area contributed by atoms with Gasteiger partial charge in [0, 0.05) is 12.1 Å². The molecule has 104 valence electrons. The van der Waals surface area contributed by atoms with E-state index in [1.54, 1.807) is 17.0 Å². The smallest absolute Gasteiger partial charge is 0.258 e. The van der Waals surface area contributed by atoms with Gasteiger partial charge < -0.3 is 19.5 Å². The lowest BCUT2D eigenvalue weighted by molar-refractivity contribution is -0.126. The Balaban J connectivity index is 1.84. The average molecular weight is 273 g/mol. The predicted octanol–water partition coefficient (Wildman–Crippen LogP) is 2.08. The molecule has 3 aliphatic rings. The van der Waals surface area contributed by atoms with Crippen molar-refractivity contribution in [3.8, 4) is 11.5 Å². The summed E-state index contributed by atoms with van der Waals surface area (Å²) in [5.74, 6) is 1.26. The number of hydrogen-bond donors (Lipinski definition) is 1. The van der Waals surface area contributed by atoms with Crippen LogP contribution in [0.3, 0.4) is 0 Å². The van der Waals surface area contributed by atoms with Crippen LogP contribution in [0.25, 0.3) is 5.57 Å². The molecule has 1 aromatic rings. The van der Waals surface area contributed by atoms with Gasteiger partial charge in [-0.2, -0.15) is 0 Å². The van der Waals surface area contributed by atoms with Gasteiger partial charge >= 0.3 is 0 Å². The maximum Gasteiger partial charge on any atom is 0.258 e. The molecule has 0 radical (unpaired) electrons. The summed E-state index contributed by atoms with van der Waals surface area (Å²) in [7, 11) is 0. The van der Waals surface area contributed by atoms with E-state index in [0.29, 0.717) is 29.2 Å². The van der Waals surface area contributed by atoms with E-state index in [1.807, 2.05) is 6.07 Å². The summed E-state index contributed by atoms with van der Waals surface area (Å²) in [5.41, 5.74) is 1.01. The average Bonchev–Trinajstić information content (AvgIpc) is 3.04. The Kier molecular flexibility index (Phi) is 2.42. The number of ether oxygens (including phenoxy) is 2. The topological polar surface area (TPSA) is 59.0 Å². The molecule has 0 unspecified atom stereocenters. The first-order valence-corrected chi connectivity index (χ1v) is 6.90. The minimum Gasteiger partial charge on any atom is -0.509 e. The van der Waals surface area contributed by atoms with Crippen LogP contribution in [-0.2, 0) is 4.79 Å². The molecule has 1 N–H and O–H groups in total. The van der Waals surface area contributed by atoms with Crippen LogP contribution in [-0.4, -0.2) is 35.3 Å². The number of amides is 1. The molecule has 5 heteroatoms. The van der Waals surface area contributed by atoms with Crippen LogP contribution < -0.4 is 9.47 Å². The van der Waals surface area contributed by atoms with E-state index < -0.39 is 0 Å². The van der Waals surface area contributed by atoms with Crippen molar-refractivity contribution in [1.82, 2.24) is 4.90 Å². The van der Waals surface area contributed by atoms with Crippen molar-refractivity contribution in [1.29, 1.82) is 0 Å². The van der Waals surface area contributed by atoms with Crippen LogP contribution in [0.2, 0.25) is 0 Å². The molecule has 1 saturated heterocycles. The second-order valence-electron chi connectivity index (χ2n) is 5.31. The number of aliphatic hydroxyl groups is 1. The largest absolute Gasteiger partial charge is 0.509 e. The minimum atomic E-state index is -0.163. The van der Waals surface area contributed by atoms with Gasteiger partial charge in [0.25, 0.3) is 5.91 Å². The molecule has 0 bridgehead atoms. The Morgan fingerprint density at radius 1 is 1.25 bits per heavy atom. The fourth-order valence-corrected chi connectivity index (χ4v) is 3.26. The summed E-state index contributed by atoms with van der Waals surface area (Å²) < 4.78 is 10.8. The number of para-hydroxylation sites is 1. The van der Waals surface area contributed by atoms with Gasteiger partial charge in [-0.1, -0.05) is 12.1 Å². The van der Waals surface area contributed by atoms with Crippen molar-refractivity contribution in [3.63, 3.8) is 0 Å². The van der Waals surface area contributed by atoms with E-state index in [4.69, 9.17) is 9.47 Å². The molecule has 0 spiro atoms. The van der Waals surface area contributed by atoms with Crippen LogP contribution in [0.4, 0.5) is 0 Å². The van der Waals surface area contributed by atoms with Crippen LogP contribution in [0.1, 0.15) is 24.8 Å². The Morgan fingerprint density at radius 2 is 2.15 bits per heavy atom. The molecule has 20 heavy (non-hydrogen) atoms. The molecule has 4 rings (SSSR count). The zero-order valence-electron chi connectivity index (χ0n) is 11.0. The Labute approximate surface area is 116 Å². The third-order valence-corrected chi connectivity index (χ3v) is 4.22. The SMILES string of the molecule is O=C1C(c2cccc3c2OCO3)=C(O)[C@@H]2CCCCN12. The summed E-state index contributed by atoms with van der Waals surface area (Å²) in [4.78, 5) is 14.3. The van der Waals surface area contributed by atoms with Crippen molar-refractivity contribution in [2.24, 2.45) is 0 Å². The summed E-state index contributed by atoms with van der Waals surface area (Å²) >= 11 is 0. The highest BCUT2D eigenvalue weighted by molar-refractivity contribution is 6.23. The molecule has 3 aliphatic heterocycles. The quantitative estimate of drug-likeness (QED) is 0.851. The van der Waals surface area contributed by atoms with Gasteiger partial charge in [0.15, 0.2) is 11.5 Å². The number of nitrogens with zero attached hydrogens (tertiary/aromatic N) is 1. The van der Waals surface area contributed by atoms with Gasteiger partial charge in [0.1, 0.15) is 5.76 Å². The molecule has 0 saturated carbocycles. The van der Waals surface area contributed by atoms with Crippen LogP contribution >= 0.6 is 0 Å². The lowest BCUT2D eigenvalue weighted by atomic mass is 10.0. The molecule has 0 aliphatic carbocycles. The number of piperidine rings is 1.